The number of hydrogen-bond donors (Lipinski definition) is 0. The molecular weight excluding hydrogens is 264 g/mol. The summed E-state index contributed by atoms with van der Waals surface area (Å²) in [6, 6.07) is 9.74. The molecule has 0 saturated carbocycles. The summed E-state index contributed by atoms with van der Waals surface area (Å²) in [7, 11) is 1.33. The second-order valence-corrected chi connectivity index (χ2v) is 5.85. The Kier molecular flexibility index (Phi) is 6.55. The second-order valence-electron chi connectivity index (χ2n) is 5.85. The van der Waals surface area contributed by atoms with E-state index in [-0.39, 0.29) is 11.5 Å². The third-order valence-corrected chi connectivity index (χ3v) is 2.60. The highest BCUT2D eigenvalue weighted by Gasteiger charge is 2.17. The molecule has 1 aromatic carbocycles. The molecule has 0 aliphatic carbocycles. The van der Waals surface area contributed by atoms with Crippen LogP contribution in [-0.2, 0) is 14.3 Å². The van der Waals surface area contributed by atoms with Crippen molar-refractivity contribution >= 4 is 5.97 Å². The van der Waals surface area contributed by atoms with Crippen LogP contribution in [0.1, 0.15) is 32.8 Å². The van der Waals surface area contributed by atoms with Crippen LogP contribution in [0, 0.1) is 17.3 Å². The number of rotatable bonds is 4. The van der Waals surface area contributed by atoms with Crippen LogP contribution in [0.15, 0.2) is 42.7 Å². The van der Waals surface area contributed by atoms with Crippen molar-refractivity contribution in [2.75, 3.05) is 7.11 Å². The third-order valence-electron chi connectivity index (χ3n) is 2.60. The van der Waals surface area contributed by atoms with Crippen molar-refractivity contribution < 1.29 is 14.3 Å². The van der Waals surface area contributed by atoms with Crippen molar-refractivity contribution in [2.45, 2.75) is 33.3 Å². The molecule has 0 aliphatic rings. The highest BCUT2D eigenvalue weighted by Crippen LogP contribution is 2.22. The largest absolute Gasteiger partial charge is 0.485 e. The summed E-state index contributed by atoms with van der Waals surface area (Å²) in [5.74, 6) is 5.76. The fraction of sp³-hybridized carbons (Fsp3) is 0.389. The molecule has 0 aliphatic heterocycles. The smallest absolute Gasteiger partial charge is 0.333 e. The zero-order valence-corrected chi connectivity index (χ0v) is 13.1. The van der Waals surface area contributed by atoms with Gasteiger partial charge < -0.3 is 9.47 Å². The molecule has 0 radical (unpaired) electrons. The van der Waals surface area contributed by atoms with Crippen molar-refractivity contribution in [3.05, 3.63) is 48.2 Å². The van der Waals surface area contributed by atoms with Crippen LogP contribution in [-0.4, -0.2) is 19.2 Å². The summed E-state index contributed by atoms with van der Waals surface area (Å²) in [6.45, 7) is 6.37. The molecule has 21 heavy (non-hydrogen) atoms. The van der Waals surface area contributed by atoms with Crippen LogP contribution in [0.3, 0.4) is 0 Å². The minimum Gasteiger partial charge on any atom is -0.485 e. The molecular formula is C18H22O3. The molecule has 0 spiro atoms. The van der Waals surface area contributed by atoms with Gasteiger partial charge in [0.1, 0.15) is 0 Å². The van der Waals surface area contributed by atoms with E-state index in [4.69, 9.17) is 4.74 Å². The van der Waals surface area contributed by atoms with E-state index in [0.29, 0.717) is 0 Å². The van der Waals surface area contributed by atoms with E-state index in [2.05, 4.69) is 37.3 Å². The molecule has 0 heterocycles. The quantitative estimate of drug-likeness (QED) is 0.367. The average molecular weight is 286 g/mol. The van der Waals surface area contributed by atoms with Gasteiger partial charge in [-0.1, -0.05) is 50.8 Å². The predicted molar refractivity (Wildman–Crippen MR) is 83.4 cm³/mol. The topological polar surface area (TPSA) is 35.5 Å². The number of hydrogen-bond acceptors (Lipinski definition) is 3. The van der Waals surface area contributed by atoms with Crippen molar-refractivity contribution in [3.63, 3.8) is 0 Å². The Labute approximate surface area is 127 Å². The molecule has 1 atom stereocenters. The Hall–Kier alpha value is -2.21. The van der Waals surface area contributed by atoms with E-state index in [1.807, 2.05) is 30.3 Å². The number of ether oxygens (including phenoxy) is 2. The van der Waals surface area contributed by atoms with Gasteiger partial charge in [-0.15, -0.1) is 0 Å². The number of carbonyl (C=O) groups excluding carboxylic acids is 1. The Morgan fingerprint density at radius 3 is 2.52 bits per heavy atom. The zero-order chi connectivity index (χ0) is 15.7. The van der Waals surface area contributed by atoms with Gasteiger partial charge >= 0.3 is 5.97 Å². The number of methoxy groups -OCH3 is 1. The van der Waals surface area contributed by atoms with Gasteiger partial charge in [0, 0.05) is 12.0 Å². The third kappa shape index (κ3) is 7.84. The summed E-state index contributed by atoms with van der Waals surface area (Å²) in [4.78, 5) is 11.0. The van der Waals surface area contributed by atoms with E-state index < -0.39 is 5.97 Å². The van der Waals surface area contributed by atoms with E-state index in [0.717, 1.165) is 12.0 Å². The Balaban J connectivity index is 2.76. The van der Waals surface area contributed by atoms with E-state index in [1.165, 1.54) is 19.4 Å². The van der Waals surface area contributed by atoms with Gasteiger partial charge in [0.15, 0.2) is 6.10 Å². The van der Waals surface area contributed by atoms with Gasteiger partial charge in [0.05, 0.1) is 19.4 Å². The van der Waals surface area contributed by atoms with Crippen LogP contribution >= 0.6 is 0 Å². The van der Waals surface area contributed by atoms with Crippen molar-refractivity contribution in [1.29, 1.82) is 0 Å². The average Bonchev–Trinajstić information content (AvgIpc) is 2.44. The maximum absolute atomic E-state index is 11.0. The summed E-state index contributed by atoms with van der Waals surface area (Å²) >= 11 is 0. The normalized spacial score (nSPS) is 12.4. The summed E-state index contributed by atoms with van der Waals surface area (Å²) in [5, 5.41) is 0. The van der Waals surface area contributed by atoms with Gasteiger partial charge in [0.25, 0.3) is 0 Å². The number of esters is 1. The van der Waals surface area contributed by atoms with Gasteiger partial charge in [-0.05, 0) is 17.5 Å². The molecule has 0 fully saturated rings. The molecule has 3 heteroatoms. The van der Waals surface area contributed by atoms with Crippen molar-refractivity contribution in [3.8, 4) is 11.8 Å². The highest BCUT2D eigenvalue weighted by molar-refractivity contribution is 5.81. The van der Waals surface area contributed by atoms with Crippen LogP contribution in [0.5, 0.6) is 0 Å². The maximum atomic E-state index is 11.0. The predicted octanol–water partition coefficient (Wildman–Crippen LogP) is 3.55. The molecule has 0 saturated heterocycles. The SMILES string of the molecule is COC(=O)/C=C/OC(C#Cc1ccccc1)CC(C)(C)C. The maximum Gasteiger partial charge on any atom is 0.333 e. The Morgan fingerprint density at radius 2 is 1.95 bits per heavy atom. The Morgan fingerprint density at radius 1 is 1.29 bits per heavy atom. The standard InChI is InChI=1S/C18H22O3/c1-18(2,3)14-16(21-13-12-17(19)20-4)11-10-15-8-6-5-7-9-15/h5-9,12-13,16H,14H2,1-4H3/b13-12+. The molecule has 0 bridgehead atoms. The van der Waals surface area contributed by atoms with Gasteiger partial charge in [0.2, 0.25) is 0 Å². The highest BCUT2D eigenvalue weighted by atomic mass is 16.5. The van der Waals surface area contributed by atoms with Gasteiger partial charge in [-0.25, -0.2) is 4.79 Å². The van der Waals surface area contributed by atoms with E-state index >= 15 is 0 Å². The van der Waals surface area contributed by atoms with Crippen LogP contribution in [0.25, 0.3) is 0 Å². The monoisotopic (exact) mass is 286 g/mol. The second kappa shape index (κ2) is 8.16. The molecule has 1 rings (SSSR count). The number of carbonyl (C=O) groups is 1. The lowest BCUT2D eigenvalue weighted by Crippen LogP contribution is -2.18. The molecule has 0 N–H and O–H groups in total. The zero-order valence-electron chi connectivity index (χ0n) is 13.1. The van der Waals surface area contributed by atoms with Gasteiger partial charge in [-0.2, -0.15) is 0 Å². The van der Waals surface area contributed by atoms with Crippen LogP contribution in [0.2, 0.25) is 0 Å². The lowest BCUT2D eigenvalue weighted by Gasteiger charge is -2.22. The summed E-state index contributed by atoms with van der Waals surface area (Å²) in [5.41, 5.74) is 1.02. The first kappa shape index (κ1) is 16.8. The summed E-state index contributed by atoms with van der Waals surface area (Å²) in [6.07, 6.45) is 3.09. The molecule has 1 unspecified atom stereocenters. The van der Waals surface area contributed by atoms with Crippen molar-refractivity contribution in [1.82, 2.24) is 0 Å². The fourth-order valence-electron chi connectivity index (χ4n) is 1.63. The molecule has 1 aromatic rings. The van der Waals surface area contributed by atoms with Gasteiger partial charge in [-0.3, -0.25) is 0 Å². The first-order chi connectivity index (χ1) is 9.90. The molecule has 112 valence electrons. The first-order valence-corrected chi connectivity index (χ1v) is 6.87. The van der Waals surface area contributed by atoms with E-state index in [1.54, 1.807) is 0 Å². The van der Waals surface area contributed by atoms with Crippen molar-refractivity contribution in [2.24, 2.45) is 5.41 Å². The first-order valence-electron chi connectivity index (χ1n) is 6.87. The minimum absolute atomic E-state index is 0.0785. The van der Waals surface area contributed by atoms with Crippen LogP contribution < -0.4 is 0 Å². The van der Waals surface area contributed by atoms with Crippen LogP contribution in [0.4, 0.5) is 0 Å². The summed E-state index contributed by atoms with van der Waals surface area (Å²) < 4.78 is 10.1. The van der Waals surface area contributed by atoms with E-state index in [9.17, 15) is 4.79 Å². The Bertz CT molecular complexity index is 527. The minimum atomic E-state index is -0.444. The number of benzene rings is 1. The lowest BCUT2D eigenvalue weighted by molar-refractivity contribution is -0.135. The molecule has 3 nitrogen and oxygen atoms in total. The lowest BCUT2D eigenvalue weighted by atomic mass is 9.89. The molecule has 0 amide bonds. The molecule has 0 aromatic heterocycles. The fourth-order valence-corrected chi connectivity index (χ4v) is 1.63.